The SMILES string of the molecule is Nc1nc(N)nc(N(CO)CO)n1.O. The topological polar surface area (TPSA) is 166 Å². The summed E-state index contributed by atoms with van der Waals surface area (Å²) in [6, 6.07) is 0. The van der Waals surface area contributed by atoms with Crippen LogP contribution >= 0.6 is 0 Å². The van der Waals surface area contributed by atoms with Crippen LogP contribution in [0.25, 0.3) is 0 Å². The summed E-state index contributed by atoms with van der Waals surface area (Å²) in [6.07, 6.45) is 0. The summed E-state index contributed by atoms with van der Waals surface area (Å²) in [5.41, 5.74) is 10.5. The minimum absolute atomic E-state index is 0. The summed E-state index contributed by atoms with van der Waals surface area (Å²) in [5.74, 6) is -0.0844. The van der Waals surface area contributed by atoms with Crippen LogP contribution in [0.5, 0.6) is 0 Å². The van der Waals surface area contributed by atoms with Gasteiger partial charge in [0.1, 0.15) is 13.5 Å². The second kappa shape index (κ2) is 5.11. The van der Waals surface area contributed by atoms with Gasteiger partial charge in [-0.3, -0.25) is 4.90 Å². The van der Waals surface area contributed by atoms with Crippen molar-refractivity contribution in [2.24, 2.45) is 0 Å². The lowest BCUT2D eigenvalue weighted by Gasteiger charge is -2.15. The Morgan fingerprint density at radius 1 is 1.00 bits per heavy atom. The fourth-order valence-electron chi connectivity index (χ4n) is 0.710. The van der Waals surface area contributed by atoms with Gasteiger partial charge in [0.2, 0.25) is 17.8 Å². The molecule has 0 unspecified atom stereocenters. The van der Waals surface area contributed by atoms with E-state index in [4.69, 9.17) is 21.7 Å². The lowest BCUT2D eigenvalue weighted by atomic mass is 10.7. The van der Waals surface area contributed by atoms with Gasteiger partial charge in [-0.05, 0) is 0 Å². The van der Waals surface area contributed by atoms with Crippen molar-refractivity contribution >= 4 is 17.8 Å². The number of rotatable bonds is 3. The molecule has 14 heavy (non-hydrogen) atoms. The molecular formula is C5H12N6O3. The normalized spacial score (nSPS) is 9.29. The lowest BCUT2D eigenvalue weighted by molar-refractivity contribution is 0.220. The molecule has 0 aliphatic rings. The number of hydrogen-bond donors (Lipinski definition) is 4. The van der Waals surface area contributed by atoms with Gasteiger partial charge < -0.3 is 27.2 Å². The average Bonchev–Trinajstić information content (AvgIpc) is 2.04. The standard InChI is InChI=1S/C5H10N6O2.H2O/c6-3-8-4(7)10-5(9-3)11(1-12)2-13;/h12-13H,1-2H2,(H4,6,7,8,9,10);1H2. The van der Waals surface area contributed by atoms with E-state index >= 15 is 0 Å². The van der Waals surface area contributed by atoms with Gasteiger partial charge in [-0.25, -0.2) is 0 Å². The van der Waals surface area contributed by atoms with Crippen LogP contribution in [0.15, 0.2) is 0 Å². The number of nitrogens with zero attached hydrogens (tertiary/aromatic N) is 4. The van der Waals surface area contributed by atoms with Crippen LogP contribution in [0, 0.1) is 0 Å². The molecule has 1 aromatic heterocycles. The van der Waals surface area contributed by atoms with Gasteiger partial charge in [-0.15, -0.1) is 0 Å². The van der Waals surface area contributed by atoms with Crippen LogP contribution in [-0.4, -0.2) is 44.1 Å². The molecule has 0 atom stereocenters. The first-order valence-corrected chi connectivity index (χ1v) is 3.41. The molecule has 8 N–H and O–H groups in total. The van der Waals surface area contributed by atoms with Gasteiger partial charge in [0.15, 0.2) is 0 Å². The number of aliphatic hydroxyl groups is 2. The molecule has 0 bridgehead atoms. The fourth-order valence-corrected chi connectivity index (χ4v) is 0.710. The maximum Gasteiger partial charge on any atom is 0.235 e. The quantitative estimate of drug-likeness (QED) is 0.376. The maximum atomic E-state index is 8.75. The van der Waals surface area contributed by atoms with Gasteiger partial charge in [-0.1, -0.05) is 0 Å². The zero-order chi connectivity index (χ0) is 9.84. The molecule has 0 spiro atoms. The molecule has 0 aromatic carbocycles. The first kappa shape index (κ1) is 12.3. The number of anilines is 3. The van der Waals surface area contributed by atoms with Crippen LogP contribution < -0.4 is 16.4 Å². The fraction of sp³-hybridized carbons (Fsp3) is 0.400. The molecule has 9 nitrogen and oxygen atoms in total. The minimum Gasteiger partial charge on any atom is -0.412 e. The Morgan fingerprint density at radius 2 is 1.43 bits per heavy atom. The van der Waals surface area contributed by atoms with E-state index in [1.807, 2.05) is 0 Å². The highest BCUT2D eigenvalue weighted by Gasteiger charge is 2.08. The van der Waals surface area contributed by atoms with Crippen LogP contribution in [0.1, 0.15) is 0 Å². The second-order valence-electron chi connectivity index (χ2n) is 2.17. The number of nitrogens with two attached hydrogens (primary N) is 2. The highest BCUT2D eigenvalue weighted by molar-refractivity contribution is 5.38. The smallest absolute Gasteiger partial charge is 0.235 e. The zero-order valence-electron chi connectivity index (χ0n) is 7.25. The lowest BCUT2D eigenvalue weighted by Crippen LogP contribution is -2.27. The summed E-state index contributed by atoms with van der Waals surface area (Å²) in [6.45, 7) is -0.862. The van der Waals surface area contributed by atoms with E-state index in [9.17, 15) is 0 Å². The molecule has 1 heterocycles. The molecule has 0 aliphatic carbocycles. The number of hydrogen-bond acceptors (Lipinski definition) is 8. The van der Waals surface area contributed by atoms with Gasteiger partial charge in [0.25, 0.3) is 0 Å². The van der Waals surface area contributed by atoms with Crippen molar-refractivity contribution in [2.75, 3.05) is 29.8 Å². The van der Waals surface area contributed by atoms with Crippen molar-refractivity contribution < 1.29 is 15.7 Å². The highest BCUT2D eigenvalue weighted by atomic mass is 16.3. The van der Waals surface area contributed by atoms with E-state index in [0.717, 1.165) is 4.90 Å². The Morgan fingerprint density at radius 3 is 1.79 bits per heavy atom. The summed E-state index contributed by atoms with van der Waals surface area (Å²) >= 11 is 0. The first-order valence-electron chi connectivity index (χ1n) is 3.41. The van der Waals surface area contributed by atoms with Gasteiger partial charge >= 0.3 is 0 Å². The third-order valence-electron chi connectivity index (χ3n) is 1.28. The summed E-state index contributed by atoms with van der Waals surface area (Å²) < 4.78 is 0. The molecule has 9 heteroatoms. The molecule has 0 radical (unpaired) electrons. The first-order chi connectivity index (χ1) is 6.17. The minimum atomic E-state index is -0.431. The van der Waals surface area contributed by atoms with Crippen molar-refractivity contribution in [1.29, 1.82) is 0 Å². The Labute approximate surface area is 79.3 Å². The van der Waals surface area contributed by atoms with E-state index in [-0.39, 0.29) is 23.3 Å². The largest absolute Gasteiger partial charge is 0.412 e. The third-order valence-corrected chi connectivity index (χ3v) is 1.28. The van der Waals surface area contributed by atoms with Crippen LogP contribution in [-0.2, 0) is 0 Å². The maximum absolute atomic E-state index is 8.75. The monoisotopic (exact) mass is 204 g/mol. The Kier molecular flexibility index (Phi) is 4.49. The van der Waals surface area contributed by atoms with Crippen LogP contribution in [0.2, 0.25) is 0 Å². The molecule has 0 saturated heterocycles. The van der Waals surface area contributed by atoms with Crippen molar-refractivity contribution in [3.05, 3.63) is 0 Å². The number of aromatic nitrogens is 3. The van der Waals surface area contributed by atoms with Gasteiger partial charge in [-0.2, -0.15) is 15.0 Å². The van der Waals surface area contributed by atoms with Crippen LogP contribution in [0.3, 0.4) is 0 Å². The van der Waals surface area contributed by atoms with Crippen molar-refractivity contribution in [1.82, 2.24) is 15.0 Å². The predicted molar refractivity (Wildman–Crippen MR) is 48.9 cm³/mol. The summed E-state index contributed by atoms with van der Waals surface area (Å²) in [4.78, 5) is 11.9. The highest BCUT2D eigenvalue weighted by Crippen LogP contribution is 2.07. The van der Waals surface area contributed by atoms with E-state index in [0.29, 0.717) is 0 Å². The number of nitrogen functional groups attached to an aromatic ring is 2. The summed E-state index contributed by atoms with van der Waals surface area (Å²) in [5, 5.41) is 17.5. The molecule has 1 rings (SSSR count). The van der Waals surface area contributed by atoms with Gasteiger partial charge in [0, 0.05) is 0 Å². The van der Waals surface area contributed by atoms with Crippen molar-refractivity contribution in [3.8, 4) is 0 Å². The molecule has 0 aliphatic heterocycles. The molecule has 0 fully saturated rings. The number of aliphatic hydroxyl groups excluding tert-OH is 2. The third kappa shape index (κ3) is 2.65. The molecule has 80 valence electrons. The van der Waals surface area contributed by atoms with E-state index in [2.05, 4.69) is 15.0 Å². The molecule has 1 aromatic rings. The van der Waals surface area contributed by atoms with Crippen molar-refractivity contribution in [3.63, 3.8) is 0 Å². The predicted octanol–water partition coefficient (Wildman–Crippen LogP) is -3.08. The second-order valence-corrected chi connectivity index (χ2v) is 2.17. The van der Waals surface area contributed by atoms with E-state index in [1.165, 1.54) is 0 Å². The van der Waals surface area contributed by atoms with E-state index < -0.39 is 13.5 Å². The Bertz CT molecular complexity index is 271. The molecular weight excluding hydrogens is 192 g/mol. The molecule has 0 saturated carbocycles. The Hall–Kier alpha value is -1.71. The molecule has 0 amide bonds. The summed E-state index contributed by atoms with van der Waals surface area (Å²) in [7, 11) is 0. The zero-order valence-corrected chi connectivity index (χ0v) is 7.25. The average molecular weight is 204 g/mol. The van der Waals surface area contributed by atoms with Crippen LogP contribution in [0.4, 0.5) is 17.8 Å². The Balaban J connectivity index is 0.00000169. The van der Waals surface area contributed by atoms with Crippen molar-refractivity contribution in [2.45, 2.75) is 0 Å². The van der Waals surface area contributed by atoms with E-state index in [1.54, 1.807) is 0 Å². The van der Waals surface area contributed by atoms with Gasteiger partial charge in [0.05, 0.1) is 0 Å².